The molecule has 1 unspecified atom stereocenters. The Kier molecular flexibility index (Phi) is 4.78. The van der Waals surface area contributed by atoms with E-state index in [0.717, 1.165) is 28.3 Å². The van der Waals surface area contributed by atoms with Crippen molar-refractivity contribution in [3.63, 3.8) is 0 Å². The quantitative estimate of drug-likeness (QED) is 0.890. The van der Waals surface area contributed by atoms with Crippen molar-refractivity contribution in [2.45, 2.75) is 46.1 Å². The summed E-state index contributed by atoms with van der Waals surface area (Å²) in [6, 6.07) is 7.73. The van der Waals surface area contributed by atoms with E-state index in [-0.39, 0.29) is 11.8 Å². The molecule has 2 N–H and O–H groups in total. The summed E-state index contributed by atoms with van der Waals surface area (Å²) >= 11 is 0. The predicted molar refractivity (Wildman–Crippen MR) is 90.6 cm³/mol. The number of aromatic nitrogens is 2. The van der Waals surface area contributed by atoms with Crippen LogP contribution in [0.25, 0.3) is 0 Å². The molecule has 0 aliphatic heterocycles. The van der Waals surface area contributed by atoms with E-state index in [2.05, 4.69) is 15.5 Å². The number of hydrogen-bond donors (Lipinski definition) is 2. The number of ether oxygens (including phenoxy) is 1. The van der Waals surface area contributed by atoms with Gasteiger partial charge >= 0.3 is 0 Å². The molecule has 0 saturated carbocycles. The second kappa shape index (κ2) is 6.44. The summed E-state index contributed by atoms with van der Waals surface area (Å²) in [6.07, 6.45) is 0. The summed E-state index contributed by atoms with van der Waals surface area (Å²) in [5, 5.41) is 10.2. The van der Waals surface area contributed by atoms with E-state index in [0.29, 0.717) is 0 Å². The molecule has 1 atom stereocenters. The summed E-state index contributed by atoms with van der Waals surface area (Å²) in [5.41, 5.74) is 3.16. The Bertz CT molecular complexity index is 685. The molecule has 1 heterocycles. The van der Waals surface area contributed by atoms with E-state index in [9.17, 15) is 4.79 Å². The molecule has 1 aromatic carbocycles. The van der Waals surface area contributed by atoms with Crippen LogP contribution in [-0.4, -0.2) is 23.2 Å². The number of methoxy groups -OCH3 is 1. The van der Waals surface area contributed by atoms with E-state index in [4.69, 9.17) is 4.74 Å². The fourth-order valence-electron chi connectivity index (χ4n) is 2.97. The topological polar surface area (TPSA) is 67.0 Å². The Hall–Kier alpha value is -2.30. The molecule has 2 rings (SSSR count). The lowest BCUT2D eigenvalue weighted by molar-refractivity contribution is -0.123. The van der Waals surface area contributed by atoms with Gasteiger partial charge in [0.05, 0.1) is 24.3 Å². The number of hydrogen-bond acceptors (Lipinski definition) is 3. The Morgan fingerprint density at radius 3 is 2.52 bits per heavy atom. The Balaban J connectivity index is 2.25. The summed E-state index contributed by atoms with van der Waals surface area (Å²) in [4.78, 5) is 12.7. The monoisotopic (exact) mass is 315 g/mol. The van der Waals surface area contributed by atoms with Crippen LogP contribution in [-0.2, 0) is 10.3 Å². The molecular formula is C18H25N3O2. The molecule has 0 aliphatic carbocycles. The number of nitrogens with one attached hydrogen (secondary N) is 2. The third-order valence-corrected chi connectivity index (χ3v) is 4.23. The summed E-state index contributed by atoms with van der Waals surface area (Å²) < 4.78 is 5.42. The van der Waals surface area contributed by atoms with Gasteiger partial charge in [-0.2, -0.15) is 5.10 Å². The van der Waals surface area contributed by atoms with Crippen molar-refractivity contribution >= 4 is 5.91 Å². The van der Waals surface area contributed by atoms with E-state index < -0.39 is 5.54 Å². The number of benzene rings is 1. The number of carbonyl (C=O) groups is 1. The summed E-state index contributed by atoms with van der Waals surface area (Å²) in [6.45, 7) is 9.70. The highest BCUT2D eigenvalue weighted by Gasteiger charge is 2.30. The molecule has 0 fully saturated rings. The SMILES string of the molecule is COc1ccccc1C(C)(C)NC(=O)C(C)c1c(C)n[nH]c1C. The van der Waals surface area contributed by atoms with Gasteiger partial charge in [-0.1, -0.05) is 18.2 Å². The highest BCUT2D eigenvalue weighted by Crippen LogP contribution is 2.30. The molecule has 23 heavy (non-hydrogen) atoms. The van der Waals surface area contributed by atoms with E-state index in [1.807, 2.05) is 58.9 Å². The van der Waals surface area contributed by atoms with Gasteiger partial charge < -0.3 is 10.1 Å². The fraction of sp³-hybridized carbons (Fsp3) is 0.444. The smallest absolute Gasteiger partial charge is 0.228 e. The molecule has 0 spiro atoms. The van der Waals surface area contributed by atoms with Crippen molar-refractivity contribution in [1.82, 2.24) is 15.5 Å². The lowest BCUT2D eigenvalue weighted by atomic mass is 9.91. The molecule has 5 nitrogen and oxygen atoms in total. The van der Waals surface area contributed by atoms with Crippen molar-refractivity contribution in [2.75, 3.05) is 7.11 Å². The first-order chi connectivity index (χ1) is 10.8. The van der Waals surface area contributed by atoms with Crippen molar-refractivity contribution in [2.24, 2.45) is 0 Å². The molecule has 0 bridgehead atoms. The highest BCUT2D eigenvalue weighted by molar-refractivity contribution is 5.84. The van der Waals surface area contributed by atoms with Gasteiger partial charge in [0, 0.05) is 16.8 Å². The van der Waals surface area contributed by atoms with Gasteiger partial charge in [-0.05, 0) is 40.7 Å². The van der Waals surface area contributed by atoms with E-state index in [1.54, 1.807) is 7.11 Å². The van der Waals surface area contributed by atoms with Crippen molar-refractivity contribution in [1.29, 1.82) is 0 Å². The molecule has 1 amide bonds. The Labute approximate surface area is 137 Å². The lowest BCUT2D eigenvalue weighted by Gasteiger charge is -2.30. The largest absolute Gasteiger partial charge is 0.496 e. The first-order valence-corrected chi connectivity index (χ1v) is 7.75. The third kappa shape index (κ3) is 3.38. The standard InChI is InChI=1S/C18H25N3O2/c1-11(16-12(2)20-21-13(16)3)17(22)19-18(4,5)14-9-7-8-10-15(14)23-6/h7-11H,1-6H3,(H,19,22)(H,20,21). The average Bonchev–Trinajstić information content (AvgIpc) is 2.85. The molecule has 124 valence electrons. The van der Waals surface area contributed by atoms with Gasteiger partial charge in [-0.25, -0.2) is 0 Å². The van der Waals surface area contributed by atoms with Gasteiger partial charge in [0.25, 0.3) is 0 Å². The first-order valence-electron chi connectivity index (χ1n) is 7.75. The van der Waals surface area contributed by atoms with Gasteiger partial charge in [-0.15, -0.1) is 0 Å². The van der Waals surface area contributed by atoms with E-state index >= 15 is 0 Å². The maximum atomic E-state index is 12.7. The maximum Gasteiger partial charge on any atom is 0.228 e. The minimum Gasteiger partial charge on any atom is -0.496 e. The minimum absolute atomic E-state index is 0.0338. The zero-order valence-electron chi connectivity index (χ0n) is 14.7. The third-order valence-electron chi connectivity index (χ3n) is 4.23. The average molecular weight is 315 g/mol. The molecule has 0 aliphatic rings. The highest BCUT2D eigenvalue weighted by atomic mass is 16.5. The Morgan fingerprint density at radius 2 is 1.96 bits per heavy atom. The zero-order chi connectivity index (χ0) is 17.2. The number of aryl methyl sites for hydroxylation is 2. The number of nitrogens with zero attached hydrogens (tertiary/aromatic N) is 1. The Morgan fingerprint density at radius 1 is 1.30 bits per heavy atom. The molecule has 0 saturated heterocycles. The predicted octanol–water partition coefficient (Wildman–Crippen LogP) is 3.19. The lowest BCUT2D eigenvalue weighted by Crippen LogP contribution is -2.43. The summed E-state index contributed by atoms with van der Waals surface area (Å²) in [7, 11) is 1.64. The van der Waals surface area contributed by atoms with Gasteiger partial charge in [0.1, 0.15) is 5.75 Å². The van der Waals surface area contributed by atoms with Crippen LogP contribution in [0.3, 0.4) is 0 Å². The van der Waals surface area contributed by atoms with Crippen LogP contribution in [0, 0.1) is 13.8 Å². The van der Waals surface area contributed by atoms with Gasteiger partial charge in [0.2, 0.25) is 5.91 Å². The number of rotatable bonds is 5. The number of H-pyrrole nitrogens is 1. The molecule has 2 aromatic rings. The number of amides is 1. The molecule has 0 radical (unpaired) electrons. The van der Waals surface area contributed by atoms with Crippen molar-refractivity contribution in [3.05, 3.63) is 46.8 Å². The van der Waals surface area contributed by atoms with Crippen LogP contribution in [0.2, 0.25) is 0 Å². The van der Waals surface area contributed by atoms with Gasteiger partial charge in [0.15, 0.2) is 0 Å². The molecular weight excluding hydrogens is 290 g/mol. The van der Waals surface area contributed by atoms with E-state index in [1.165, 1.54) is 0 Å². The minimum atomic E-state index is -0.538. The maximum absolute atomic E-state index is 12.7. The number of para-hydroxylation sites is 1. The number of carbonyl (C=O) groups excluding carboxylic acids is 1. The van der Waals surface area contributed by atoms with Crippen molar-refractivity contribution < 1.29 is 9.53 Å². The normalized spacial score (nSPS) is 12.8. The molecule has 1 aromatic heterocycles. The molecule has 5 heteroatoms. The second-order valence-electron chi connectivity index (χ2n) is 6.38. The van der Waals surface area contributed by atoms with Crippen LogP contribution in [0.15, 0.2) is 24.3 Å². The van der Waals surface area contributed by atoms with Gasteiger partial charge in [-0.3, -0.25) is 9.89 Å². The summed E-state index contributed by atoms with van der Waals surface area (Å²) in [5.74, 6) is 0.456. The van der Waals surface area contributed by atoms with Crippen LogP contribution in [0.4, 0.5) is 0 Å². The second-order valence-corrected chi connectivity index (χ2v) is 6.38. The van der Waals surface area contributed by atoms with Crippen LogP contribution in [0.1, 0.15) is 49.2 Å². The van der Waals surface area contributed by atoms with Crippen molar-refractivity contribution in [3.8, 4) is 5.75 Å². The zero-order valence-corrected chi connectivity index (χ0v) is 14.7. The first kappa shape index (κ1) is 17.1. The fourth-order valence-corrected chi connectivity index (χ4v) is 2.97. The van der Waals surface area contributed by atoms with Crippen LogP contribution >= 0.6 is 0 Å². The number of aromatic amines is 1. The van der Waals surface area contributed by atoms with Crippen LogP contribution < -0.4 is 10.1 Å². The van der Waals surface area contributed by atoms with Crippen LogP contribution in [0.5, 0.6) is 5.75 Å².